The van der Waals surface area contributed by atoms with Crippen molar-refractivity contribution >= 4 is 11.4 Å². The molecule has 174 valence electrons. The van der Waals surface area contributed by atoms with Gasteiger partial charge < -0.3 is 9.80 Å². The van der Waals surface area contributed by atoms with Gasteiger partial charge in [-0.05, 0) is 39.1 Å². The predicted molar refractivity (Wildman–Crippen MR) is 132 cm³/mol. The molecule has 1 aliphatic rings. The van der Waals surface area contributed by atoms with Crippen molar-refractivity contribution in [3.63, 3.8) is 0 Å². The maximum absolute atomic E-state index is 13.3. The molecule has 1 amide bonds. The summed E-state index contributed by atoms with van der Waals surface area (Å²) in [5.74, 6) is 0.0177. The van der Waals surface area contributed by atoms with Crippen molar-refractivity contribution in [2.45, 2.75) is 19.9 Å². The van der Waals surface area contributed by atoms with E-state index in [1.165, 1.54) is 4.68 Å². The molecule has 8 heteroatoms. The van der Waals surface area contributed by atoms with E-state index in [2.05, 4.69) is 17.0 Å². The molecule has 0 bridgehead atoms. The second kappa shape index (κ2) is 8.87. The number of hydrogen-bond acceptors (Lipinski definition) is 5. The molecule has 5 rings (SSSR count). The van der Waals surface area contributed by atoms with E-state index in [9.17, 15) is 9.59 Å². The number of pyridine rings is 1. The number of likely N-dealkylation sites (N-methyl/N-ethyl adjacent to an activating group) is 1. The van der Waals surface area contributed by atoms with Crippen LogP contribution < -0.4 is 5.56 Å². The Balaban J connectivity index is 1.68. The Morgan fingerprint density at radius 1 is 0.941 bits per heavy atom. The van der Waals surface area contributed by atoms with Crippen molar-refractivity contribution in [3.8, 4) is 22.5 Å². The molecule has 0 radical (unpaired) electrons. The number of carbonyl (C=O) groups excluding carboxylic acids is 1. The number of fused-ring (bicyclic) bond motifs is 1. The molecular weight excluding hydrogens is 428 g/mol. The third-order valence-electron chi connectivity index (χ3n) is 6.29. The number of nitrogens with zero attached hydrogens (tertiary/aromatic N) is 6. The fourth-order valence-corrected chi connectivity index (χ4v) is 4.35. The fraction of sp³-hybridized carbons (Fsp3) is 0.308. The van der Waals surface area contributed by atoms with Gasteiger partial charge in [-0.15, -0.1) is 0 Å². The smallest absolute Gasteiger partial charge is 0.267 e. The lowest BCUT2D eigenvalue weighted by atomic mass is 10.0. The summed E-state index contributed by atoms with van der Waals surface area (Å²) < 4.78 is 3.26. The lowest BCUT2D eigenvalue weighted by Gasteiger charge is -2.32. The van der Waals surface area contributed by atoms with Crippen molar-refractivity contribution in [2.24, 2.45) is 0 Å². The van der Waals surface area contributed by atoms with Crippen LogP contribution in [0.25, 0.3) is 28.0 Å². The summed E-state index contributed by atoms with van der Waals surface area (Å²) >= 11 is 0. The molecule has 0 unspecified atom stereocenters. The van der Waals surface area contributed by atoms with Gasteiger partial charge in [-0.25, -0.2) is 9.20 Å². The Morgan fingerprint density at radius 2 is 1.68 bits per heavy atom. The monoisotopic (exact) mass is 456 g/mol. The van der Waals surface area contributed by atoms with E-state index >= 15 is 0 Å². The number of hydrogen-bond donors (Lipinski definition) is 0. The first-order valence-corrected chi connectivity index (χ1v) is 11.6. The van der Waals surface area contributed by atoms with Crippen LogP contribution in [0.2, 0.25) is 0 Å². The van der Waals surface area contributed by atoms with E-state index in [-0.39, 0.29) is 17.5 Å². The minimum atomic E-state index is -0.151. The summed E-state index contributed by atoms with van der Waals surface area (Å²) in [6.45, 7) is 7.01. The molecule has 1 fully saturated rings. The van der Waals surface area contributed by atoms with Gasteiger partial charge in [-0.3, -0.25) is 9.59 Å². The first kappa shape index (κ1) is 22.0. The Morgan fingerprint density at radius 3 is 2.38 bits per heavy atom. The highest BCUT2D eigenvalue weighted by molar-refractivity contribution is 5.98. The number of rotatable bonds is 4. The number of piperazine rings is 1. The van der Waals surface area contributed by atoms with Gasteiger partial charge in [0.1, 0.15) is 5.69 Å². The van der Waals surface area contributed by atoms with E-state index < -0.39 is 0 Å². The van der Waals surface area contributed by atoms with E-state index in [1.54, 1.807) is 16.6 Å². The lowest BCUT2D eigenvalue weighted by Crippen LogP contribution is -2.47. The lowest BCUT2D eigenvalue weighted by molar-refractivity contribution is 0.0664. The van der Waals surface area contributed by atoms with Crippen LogP contribution in [0.15, 0.2) is 65.6 Å². The van der Waals surface area contributed by atoms with E-state index in [1.807, 2.05) is 67.4 Å². The predicted octanol–water partition coefficient (Wildman–Crippen LogP) is 3.19. The molecule has 3 aromatic heterocycles. The quantitative estimate of drug-likeness (QED) is 0.471. The highest BCUT2D eigenvalue weighted by Gasteiger charge is 2.23. The Bertz CT molecular complexity index is 1400. The summed E-state index contributed by atoms with van der Waals surface area (Å²) in [5.41, 5.74) is 4.39. The molecule has 0 saturated carbocycles. The van der Waals surface area contributed by atoms with E-state index in [4.69, 9.17) is 5.10 Å². The average Bonchev–Trinajstić information content (AvgIpc) is 3.23. The Labute approximate surface area is 198 Å². The van der Waals surface area contributed by atoms with Crippen LogP contribution in [0.3, 0.4) is 0 Å². The standard InChI is InChI=1S/C26H28N6O2/c1-18(2)32-23(33)10-9-21(27-32)24-22-17-20(26(34)30-15-13-29(3)14-16-30)11-12-31(22)28-25(24)19-7-5-4-6-8-19/h4-12,17-18H,13-16H2,1-3H3. The third-order valence-corrected chi connectivity index (χ3v) is 6.29. The fourth-order valence-electron chi connectivity index (χ4n) is 4.35. The van der Waals surface area contributed by atoms with Gasteiger partial charge in [-0.1, -0.05) is 30.3 Å². The molecule has 8 nitrogen and oxygen atoms in total. The Kier molecular flexibility index (Phi) is 5.75. The largest absolute Gasteiger partial charge is 0.336 e. The molecule has 1 saturated heterocycles. The van der Waals surface area contributed by atoms with Crippen LogP contribution in [-0.2, 0) is 0 Å². The maximum Gasteiger partial charge on any atom is 0.267 e. The van der Waals surface area contributed by atoms with Crippen LogP contribution >= 0.6 is 0 Å². The summed E-state index contributed by atoms with van der Waals surface area (Å²) in [7, 11) is 2.07. The van der Waals surface area contributed by atoms with E-state index in [0.29, 0.717) is 24.3 Å². The molecule has 1 aromatic carbocycles. The zero-order chi connectivity index (χ0) is 23.8. The Hall–Kier alpha value is -3.78. The van der Waals surface area contributed by atoms with Gasteiger partial charge in [0.15, 0.2) is 0 Å². The number of carbonyl (C=O) groups is 1. The van der Waals surface area contributed by atoms with Gasteiger partial charge in [0, 0.05) is 49.6 Å². The zero-order valence-corrected chi connectivity index (χ0v) is 19.7. The van der Waals surface area contributed by atoms with Gasteiger partial charge in [0.2, 0.25) is 0 Å². The van der Waals surface area contributed by atoms with Crippen molar-refractivity contribution in [1.29, 1.82) is 0 Å². The molecule has 34 heavy (non-hydrogen) atoms. The molecule has 4 aromatic rings. The third kappa shape index (κ3) is 4.01. The van der Waals surface area contributed by atoms with Gasteiger partial charge in [-0.2, -0.15) is 10.2 Å². The van der Waals surface area contributed by atoms with E-state index in [0.717, 1.165) is 35.4 Å². The zero-order valence-electron chi connectivity index (χ0n) is 19.7. The molecule has 4 heterocycles. The van der Waals surface area contributed by atoms with Crippen molar-refractivity contribution in [1.82, 2.24) is 29.2 Å². The van der Waals surface area contributed by atoms with Crippen molar-refractivity contribution in [3.05, 3.63) is 76.7 Å². The average molecular weight is 457 g/mol. The minimum absolute atomic E-state index is 0.0177. The highest BCUT2D eigenvalue weighted by Crippen LogP contribution is 2.34. The van der Waals surface area contributed by atoms with Crippen molar-refractivity contribution in [2.75, 3.05) is 33.2 Å². The normalized spacial score (nSPS) is 14.8. The molecule has 0 aliphatic carbocycles. The van der Waals surface area contributed by atoms with Gasteiger partial charge in [0.25, 0.3) is 11.5 Å². The first-order valence-electron chi connectivity index (χ1n) is 11.6. The molecular formula is C26H28N6O2. The summed E-state index contributed by atoms with van der Waals surface area (Å²) in [6, 6.07) is 16.8. The van der Waals surface area contributed by atoms with Crippen LogP contribution in [0.5, 0.6) is 0 Å². The first-order chi connectivity index (χ1) is 16.4. The topological polar surface area (TPSA) is 75.7 Å². The number of benzene rings is 1. The van der Waals surface area contributed by atoms with Crippen LogP contribution in [0, 0.1) is 0 Å². The number of amides is 1. The SMILES string of the molecule is CC(C)n1nc(-c2c(-c3ccccc3)nn3ccc(C(=O)N4CCN(C)CC4)cc23)ccc1=O. The molecule has 0 spiro atoms. The summed E-state index contributed by atoms with van der Waals surface area (Å²) in [5, 5.41) is 9.51. The maximum atomic E-state index is 13.3. The molecule has 0 N–H and O–H groups in total. The summed E-state index contributed by atoms with van der Waals surface area (Å²) in [4.78, 5) is 29.8. The second-order valence-corrected chi connectivity index (χ2v) is 9.03. The highest BCUT2D eigenvalue weighted by atomic mass is 16.2. The van der Waals surface area contributed by atoms with Gasteiger partial charge >= 0.3 is 0 Å². The van der Waals surface area contributed by atoms with Crippen LogP contribution in [0.4, 0.5) is 0 Å². The molecule has 0 atom stereocenters. The van der Waals surface area contributed by atoms with Gasteiger partial charge in [0.05, 0.1) is 22.8 Å². The summed E-state index contributed by atoms with van der Waals surface area (Å²) in [6.07, 6.45) is 1.83. The second-order valence-electron chi connectivity index (χ2n) is 9.03. The van der Waals surface area contributed by atoms with Crippen molar-refractivity contribution < 1.29 is 4.79 Å². The molecule has 1 aliphatic heterocycles. The van der Waals surface area contributed by atoms with Crippen LogP contribution in [0.1, 0.15) is 30.2 Å². The minimum Gasteiger partial charge on any atom is -0.336 e. The number of aromatic nitrogens is 4. The van der Waals surface area contributed by atoms with Crippen LogP contribution in [-0.4, -0.2) is 68.3 Å².